The first-order valence-electron chi connectivity index (χ1n) is 6.56. The van der Waals surface area contributed by atoms with Crippen molar-refractivity contribution in [3.8, 4) is 0 Å². The molecule has 0 saturated heterocycles. The number of hydrogen-bond acceptors (Lipinski definition) is 1. The Kier molecular flexibility index (Phi) is 2.86. The molecule has 1 N–H and O–H groups in total. The van der Waals surface area contributed by atoms with Crippen molar-refractivity contribution in [1.29, 1.82) is 0 Å². The van der Waals surface area contributed by atoms with Crippen molar-refractivity contribution >= 4 is 0 Å². The van der Waals surface area contributed by atoms with Crippen molar-refractivity contribution in [3.63, 3.8) is 0 Å². The summed E-state index contributed by atoms with van der Waals surface area (Å²) in [5, 5.41) is 3.71. The summed E-state index contributed by atoms with van der Waals surface area (Å²) in [6.45, 7) is 14.7. The minimum absolute atomic E-state index is 0.422. The SMILES string of the molecule is Cc1cc(C)cc(CNC2C(C)(C)C2(C)C)c1. The van der Waals surface area contributed by atoms with Crippen LogP contribution in [0, 0.1) is 24.7 Å². The van der Waals surface area contributed by atoms with Gasteiger partial charge in [-0.25, -0.2) is 0 Å². The number of aryl methyl sites for hydroxylation is 2. The molecule has 0 spiro atoms. The van der Waals surface area contributed by atoms with Crippen molar-refractivity contribution in [3.05, 3.63) is 34.9 Å². The quantitative estimate of drug-likeness (QED) is 0.833. The third-order valence-electron chi connectivity index (χ3n) is 4.81. The molecule has 0 atom stereocenters. The predicted molar refractivity (Wildman–Crippen MR) is 74.1 cm³/mol. The molecule has 94 valence electrons. The Morgan fingerprint density at radius 3 is 1.82 bits per heavy atom. The highest BCUT2D eigenvalue weighted by Gasteiger charge is 2.64. The zero-order chi connectivity index (χ0) is 12.8. The predicted octanol–water partition coefficient (Wildman–Crippen LogP) is 3.83. The van der Waals surface area contributed by atoms with Gasteiger partial charge in [0.25, 0.3) is 0 Å². The third kappa shape index (κ3) is 2.13. The molecule has 1 aromatic carbocycles. The molecule has 1 fully saturated rings. The third-order valence-corrected chi connectivity index (χ3v) is 4.81. The summed E-state index contributed by atoms with van der Waals surface area (Å²) < 4.78 is 0. The first kappa shape index (κ1) is 12.6. The van der Waals surface area contributed by atoms with Gasteiger partial charge < -0.3 is 5.32 Å². The zero-order valence-electron chi connectivity index (χ0n) is 12.0. The maximum absolute atomic E-state index is 3.71. The van der Waals surface area contributed by atoms with Crippen LogP contribution in [0.4, 0.5) is 0 Å². The summed E-state index contributed by atoms with van der Waals surface area (Å²) in [6, 6.07) is 7.43. The smallest absolute Gasteiger partial charge is 0.0208 e. The molecular weight excluding hydrogens is 206 g/mol. The lowest BCUT2D eigenvalue weighted by Crippen LogP contribution is -2.21. The fourth-order valence-corrected chi connectivity index (χ4v) is 3.10. The van der Waals surface area contributed by atoms with E-state index in [0.717, 1.165) is 6.54 Å². The lowest BCUT2D eigenvalue weighted by atomic mass is 10.0. The van der Waals surface area contributed by atoms with Gasteiger partial charge in [-0.2, -0.15) is 0 Å². The van der Waals surface area contributed by atoms with E-state index in [-0.39, 0.29) is 0 Å². The van der Waals surface area contributed by atoms with Crippen molar-refractivity contribution in [2.24, 2.45) is 10.8 Å². The van der Waals surface area contributed by atoms with Gasteiger partial charge in [-0.3, -0.25) is 0 Å². The van der Waals surface area contributed by atoms with Crippen LogP contribution in [0.3, 0.4) is 0 Å². The largest absolute Gasteiger partial charge is 0.309 e. The van der Waals surface area contributed by atoms with Gasteiger partial charge in [-0.1, -0.05) is 57.0 Å². The van der Waals surface area contributed by atoms with Crippen LogP contribution in [0.25, 0.3) is 0 Å². The Balaban J connectivity index is 2.00. The summed E-state index contributed by atoms with van der Waals surface area (Å²) in [5.41, 5.74) is 4.96. The molecule has 0 bridgehead atoms. The summed E-state index contributed by atoms with van der Waals surface area (Å²) >= 11 is 0. The highest BCUT2D eigenvalue weighted by atomic mass is 15.0. The summed E-state index contributed by atoms with van der Waals surface area (Å²) in [4.78, 5) is 0. The molecular formula is C16H25N. The average molecular weight is 231 g/mol. The molecule has 1 aliphatic rings. The van der Waals surface area contributed by atoms with Crippen LogP contribution in [0.15, 0.2) is 18.2 Å². The normalized spacial score (nSPS) is 21.5. The van der Waals surface area contributed by atoms with Crippen LogP contribution in [0.1, 0.15) is 44.4 Å². The Labute approximate surface area is 106 Å². The van der Waals surface area contributed by atoms with E-state index in [1.807, 2.05) is 0 Å². The second kappa shape index (κ2) is 3.84. The van der Waals surface area contributed by atoms with Gasteiger partial charge in [0.2, 0.25) is 0 Å². The molecule has 1 aliphatic carbocycles. The molecule has 0 amide bonds. The molecule has 1 aromatic rings. The number of hydrogen-bond donors (Lipinski definition) is 1. The van der Waals surface area contributed by atoms with Crippen molar-refractivity contribution < 1.29 is 0 Å². The average Bonchev–Trinajstić information content (AvgIpc) is 2.53. The van der Waals surface area contributed by atoms with E-state index in [1.165, 1.54) is 16.7 Å². The van der Waals surface area contributed by atoms with Crippen molar-refractivity contribution in [1.82, 2.24) is 5.32 Å². The zero-order valence-corrected chi connectivity index (χ0v) is 12.0. The first-order chi connectivity index (χ1) is 7.75. The highest BCUT2D eigenvalue weighted by Crippen LogP contribution is 2.62. The number of benzene rings is 1. The van der Waals surface area contributed by atoms with Crippen LogP contribution in [0.5, 0.6) is 0 Å². The van der Waals surface area contributed by atoms with Gasteiger partial charge in [0.05, 0.1) is 0 Å². The molecule has 2 rings (SSSR count). The van der Waals surface area contributed by atoms with Gasteiger partial charge in [0.1, 0.15) is 0 Å². The lowest BCUT2D eigenvalue weighted by Gasteiger charge is -2.08. The molecule has 17 heavy (non-hydrogen) atoms. The second-order valence-electron chi connectivity index (χ2n) is 6.75. The van der Waals surface area contributed by atoms with E-state index in [9.17, 15) is 0 Å². The van der Waals surface area contributed by atoms with E-state index in [2.05, 4.69) is 65.1 Å². The number of rotatable bonds is 3. The van der Waals surface area contributed by atoms with E-state index >= 15 is 0 Å². The molecule has 0 radical (unpaired) electrons. The maximum atomic E-state index is 3.71. The van der Waals surface area contributed by atoms with Crippen LogP contribution in [-0.4, -0.2) is 6.04 Å². The Morgan fingerprint density at radius 1 is 0.941 bits per heavy atom. The van der Waals surface area contributed by atoms with Gasteiger partial charge in [0.15, 0.2) is 0 Å². The lowest BCUT2D eigenvalue weighted by molar-refractivity contribution is 0.457. The molecule has 1 saturated carbocycles. The summed E-state index contributed by atoms with van der Waals surface area (Å²) in [5.74, 6) is 0. The van der Waals surface area contributed by atoms with Gasteiger partial charge >= 0.3 is 0 Å². The van der Waals surface area contributed by atoms with Crippen molar-refractivity contribution in [2.45, 2.75) is 54.1 Å². The van der Waals surface area contributed by atoms with E-state index in [4.69, 9.17) is 0 Å². The molecule has 0 unspecified atom stereocenters. The number of nitrogens with one attached hydrogen (secondary N) is 1. The summed E-state index contributed by atoms with van der Waals surface area (Å²) in [7, 11) is 0. The van der Waals surface area contributed by atoms with Crippen LogP contribution in [-0.2, 0) is 6.54 Å². The maximum Gasteiger partial charge on any atom is 0.0208 e. The summed E-state index contributed by atoms with van der Waals surface area (Å²) in [6.07, 6.45) is 0. The van der Waals surface area contributed by atoms with Gasteiger partial charge in [-0.05, 0) is 30.2 Å². The first-order valence-corrected chi connectivity index (χ1v) is 6.56. The standard InChI is InChI=1S/C16H25N/c1-11-7-12(2)9-13(8-11)10-17-14-15(3,4)16(14,5)6/h7-9,14,17H,10H2,1-6H3. The molecule has 0 heterocycles. The fourth-order valence-electron chi connectivity index (χ4n) is 3.10. The van der Waals surface area contributed by atoms with Crippen LogP contribution < -0.4 is 5.32 Å². The van der Waals surface area contributed by atoms with Gasteiger partial charge in [-0.15, -0.1) is 0 Å². The molecule has 1 nitrogen and oxygen atoms in total. The van der Waals surface area contributed by atoms with E-state index in [1.54, 1.807) is 0 Å². The van der Waals surface area contributed by atoms with E-state index in [0.29, 0.717) is 16.9 Å². The Bertz CT molecular complexity index is 395. The topological polar surface area (TPSA) is 12.0 Å². The second-order valence-corrected chi connectivity index (χ2v) is 6.75. The van der Waals surface area contributed by atoms with Crippen molar-refractivity contribution in [2.75, 3.05) is 0 Å². The minimum atomic E-state index is 0.422. The monoisotopic (exact) mass is 231 g/mol. The fraction of sp³-hybridized carbons (Fsp3) is 0.625. The minimum Gasteiger partial charge on any atom is -0.309 e. The Hall–Kier alpha value is -0.820. The Morgan fingerprint density at radius 2 is 1.41 bits per heavy atom. The van der Waals surface area contributed by atoms with Crippen LogP contribution >= 0.6 is 0 Å². The van der Waals surface area contributed by atoms with E-state index < -0.39 is 0 Å². The molecule has 0 aliphatic heterocycles. The van der Waals surface area contributed by atoms with Crippen LogP contribution in [0.2, 0.25) is 0 Å². The highest BCUT2D eigenvalue weighted by molar-refractivity contribution is 5.29. The van der Waals surface area contributed by atoms with Gasteiger partial charge in [0, 0.05) is 12.6 Å². The molecule has 0 aromatic heterocycles. The molecule has 1 heteroatoms.